The highest BCUT2D eigenvalue weighted by atomic mass is 32.2. The second kappa shape index (κ2) is 9.65. The van der Waals surface area contributed by atoms with Gasteiger partial charge in [-0.3, -0.25) is 14.3 Å². The molecular weight excluding hydrogens is 432 g/mol. The molecule has 3 rings (SSSR count). The summed E-state index contributed by atoms with van der Waals surface area (Å²) < 4.78 is 34.7. The van der Waals surface area contributed by atoms with Crippen molar-refractivity contribution < 1.29 is 17.9 Å². The molecule has 2 aromatic carbocycles. The molecule has 168 valence electrons. The van der Waals surface area contributed by atoms with Crippen LogP contribution in [0, 0.1) is 6.92 Å². The summed E-state index contributed by atoms with van der Waals surface area (Å²) in [4.78, 5) is 24.4. The number of carbonyl (C=O) groups excluding carboxylic acids is 1. The van der Waals surface area contributed by atoms with Crippen LogP contribution in [0.4, 0.5) is 11.4 Å². The number of aromatic nitrogens is 2. The quantitative estimate of drug-likeness (QED) is 0.538. The Labute approximate surface area is 186 Å². The Morgan fingerprint density at radius 1 is 1.06 bits per heavy atom. The van der Waals surface area contributed by atoms with E-state index in [0.29, 0.717) is 30.0 Å². The lowest BCUT2D eigenvalue weighted by Crippen LogP contribution is -2.26. The van der Waals surface area contributed by atoms with Gasteiger partial charge in [0.15, 0.2) is 0 Å². The third-order valence-electron chi connectivity index (χ3n) is 4.61. The van der Waals surface area contributed by atoms with Crippen LogP contribution in [0.25, 0.3) is 0 Å². The van der Waals surface area contributed by atoms with Gasteiger partial charge in [-0.25, -0.2) is 13.1 Å². The number of nitrogens with zero attached hydrogens (tertiary/aromatic N) is 2. The first-order chi connectivity index (χ1) is 15.2. The van der Waals surface area contributed by atoms with Crippen molar-refractivity contribution in [3.63, 3.8) is 0 Å². The number of benzene rings is 2. The monoisotopic (exact) mass is 456 g/mol. The fourth-order valence-electron chi connectivity index (χ4n) is 2.97. The molecule has 0 radical (unpaired) electrons. The summed E-state index contributed by atoms with van der Waals surface area (Å²) in [5, 5.41) is 6.71. The summed E-state index contributed by atoms with van der Waals surface area (Å²) in [5.41, 5.74) is 0.933. The molecule has 10 heteroatoms. The van der Waals surface area contributed by atoms with Crippen LogP contribution in [-0.4, -0.2) is 31.2 Å². The van der Waals surface area contributed by atoms with Gasteiger partial charge in [-0.2, -0.15) is 5.10 Å². The highest BCUT2D eigenvalue weighted by Crippen LogP contribution is 2.24. The molecule has 1 heterocycles. The minimum atomic E-state index is -3.91. The number of anilines is 2. The fraction of sp³-hybridized carbons (Fsp3) is 0.227. The first-order valence-corrected chi connectivity index (χ1v) is 11.4. The second-order valence-electron chi connectivity index (χ2n) is 7.05. The highest BCUT2D eigenvalue weighted by molar-refractivity contribution is 7.92. The van der Waals surface area contributed by atoms with Crippen LogP contribution in [0.1, 0.15) is 29.4 Å². The normalized spacial score (nSPS) is 11.1. The van der Waals surface area contributed by atoms with E-state index in [2.05, 4.69) is 15.1 Å². The Bertz CT molecular complexity index is 1280. The molecule has 0 fully saturated rings. The summed E-state index contributed by atoms with van der Waals surface area (Å²) in [6, 6.07) is 13.7. The van der Waals surface area contributed by atoms with Crippen LogP contribution in [0.5, 0.6) is 5.75 Å². The van der Waals surface area contributed by atoms with Gasteiger partial charge >= 0.3 is 0 Å². The number of hydrogen-bond donors (Lipinski definition) is 2. The van der Waals surface area contributed by atoms with Crippen LogP contribution < -0.4 is 20.3 Å². The van der Waals surface area contributed by atoms with E-state index in [1.165, 1.54) is 30.0 Å². The summed E-state index contributed by atoms with van der Waals surface area (Å²) in [7, 11) is -2.39. The maximum Gasteiger partial charge on any atom is 0.276 e. The van der Waals surface area contributed by atoms with E-state index in [1.54, 1.807) is 43.3 Å². The first-order valence-electron chi connectivity index (χ1n) is 9.90. The lowest BCUT2D eigenvalue weighted by Gasteiger charge is -2.13. The maximum atomic E-state index is 12.9. The van der Waals surface area contributed by atoms with Gasteiger partial charge < -0.3 is 10.1 Å². The van der Waals surface area contributed by atoms with E-state index in [4.69, 9.17) is 4.74 Å². The standard InChI is InChI=1S/C22H24N4O5S/c1-4-13-26-21(27)12-11-19(24-26)22(28)23-17-6-5-15(2)20(14-17)32(29,30)25-16-7-9-18(31-3)10-8-16/h5-12,14,25H,4,13H2,1-3H3,(H,23,28). The molecule has 0 aliphatic carbocycles. The number of carbonyl (C=O) groups is 1. The van der Waals surface area contributed by atoms with Crippen molar-refractivity contribution in [3.05, 3.63) is 76.2 Å². The fourth-order valence-corrected chi connectivity index (χ4v) is 4.30. The molecule has 0 saturated heterocycles. The first kappa shape index (κ1) is 23.0. The number of amides is 1. The predicted molar refractivity (Wildman–Crippen MR) is 122 cm³/mol. The molecule has 9 nitrogen and oxygen atoms in total. The van der Waals surface area contributed by atoms with Crippen LogP contribution in [0.15, 0.2) is 64.3 Å². The predicted octanol–water partition coefficient (Wildman–Crippen LogP) is 3.02. The number of methoxy groups -OCH3 is 1. The minimum absolute atomic E-state index is 0.0232. The zero-order valence-corrected chi connectivity index (χ0v) is 18.8. The molecule has 32 heavy (non-hydrogen) atoms. The lowest BCUT2D eigenvalue weighted by atomic mass is 10.2. The number of hydrogen-bond acceptors (Lipinski definition) is 6. The zero-order chi connectivity index (χ0) is 23.3. The van der Waals surface area contributed by atoms with Gasteiger partial charge in [0.05, 0.1) is 12.0 Å². The highest BCUT2D eigenvalue weighted by Gasteiger charge is 2.19. The average Bonchev–Trinajstić information content (AvgIpc) is 2.77. The zero-order valence-electron chi connectivity index (χ0n) is 18.0. The van der Waals surface area contributed by atoms with Crippen LogP contribution in [0.2, 0.25) is 0 Å². The van der Waals surface area contributed by atoms with Crippen LogP contribution in [0.3, 0.4) is 0 Å². The molecule has 0 unspecified atom stereocenters. The van der Waals surface area contributed by atoms with Gasteiger partial charge in [-0.05, 0) is 61.4 Å². The molecule has 0 saturated carbocycles. The number of rotatable bonds is 8. The molecule has 1 aromatic heterocycles. The molecule has 1 amide bonds. The van der Waals surface area contributed by atoms with Crippen molar-refractivity contribution in [2.45, 2.75) is 31.7 Å². The summed E-state index contributed by atoms with van der Waals surface area (Å²) in [6.45, 7) is 3.95. The van der Waals surface area contributed by atoms with Gasteiger partial charge in [0.2, 0.25) is 0 Å². The summed E-state index contributed by atoms with van der Waals surface area (Å²) in [6.07, 6.45) is 0.693. The van der Waals surface area contributed by atoms with Gasteiger partial charge in [-0.15, -0.1) is 0 Å². The molecule has 0 aliphatic rings. The Morgan fingerprint density at radius 3 is 2.41 bits per heavy atom. The Morgan fingerprint density at radius 2 is 1.75 bits per heavy atom. The van der Waals surface area contributed by atoms with Crippen molar-refractivity contribution in [2.24, 2.45) is 0 Å². The molecule has 0 spiro atoms. The molecule has 0 atom stereocenters. The van der Waals surface area contributed by atoms with Gasteiger partial charge in [0, 0.05) is 24.0 Å². The van der Waals surface area contributed by atoms with Crippen molar-refractivity contribution >= 4 is 27.3 Å². The lowest BCUT2D eigenvalue weighted by molar-refractivity contribution is 0.101. The van der Waals surface area contributed by atoms with Gasteiger partial charge in [-0.1, -0.05) is 13.0 Å². The molecule has 0 bridgehead atoms. The molecular formula is C22H24N4O5S. The molecule has 2 N–H and O–H groups in total. The molecule has 0 aliphatic heterocycles. The van der Waals surface area contributed by atoms with E-state index in [-0.39, 0.29) is 21.8 Å². The van der Waals surface area contributed by atoms with E-state index in [1.807, 2.05) is 6.92 Å². The van der Waals surface area contributed by atoms with Crippen molar-refractivity contribution in [3.8, 4) is 5.75 Å². The third kappa shape index (κ3) is 5.33. The van der Waals surface area contributed by atoms with Crippen molar-refractivity contribution in [1.29, 1.82) is 0 Å². The number of aryl methyl sites for hydroxylation is 2. The Kier molecular flexibility index (Phi) is 6.94. The van der Waals surface area contributed by atoms with Crippen LogP contribution >= 0.6 is 0 Å². The second-order valence-corrected chi connectivity index (χ2v) is 8.70. The summed E-state index contributed by atoms with van der Waals surface area (Å²) >= 11 is 0. The average molecular weight is 457 g/mol. The SMILES string of the molecule is CCCn1nc(C(=O)Nc2ccc(C)c(S(=O)(=O)Nc3ccc(OC)cc3)c2)ccc1=O. The number of ether oxygens (including phenoxy) is 1. The largest absolute Gasteiger partial charge is 0.497 e. The van der Waals surface area contributed by atoms with Crippen molar-refractivity contribution in [1.82, 2.24) is 9.78 Å². The number of nitrogens with one attached hydrogen (secondary N) is 2. The third-order valence-corrected chi connectivity index (χ3v) is 6.14. The maximum absolute atomic E-state index is 12.9. The van der Waals surface area contributed by atoms with E-state index in [9.17, 15) is 18.0 Å². The van der Waals surface area contributed by atoms with E-state index >= 15 is 0 Å². The summed E-state index contributed by atoms with van der Waals surface area (Å²) in [5.74, 6) is 0.0536. The van der Waals surface area contributed by atoms with Gasteiger partial charge in [0.1, 0.15) is 11.4 Å². The van der Waals surface area contributed by atoms with Crippen molar-refractivity contribution in [2.75, 3.05) is 17.1 Å². The minimum Gasteiger partial charge on any atom is -0.497 e. The van der Waals surface area contributed by atoms with Gasteiger partial charge in [0.25, 0.3) is 21.5 Å². The van der Waals surface area contributed by atoms with E-state index in [0.717, 1.165) is 0 Å². The van der Waals surface area contributed by atoms with E-state index < -0.39 is 15.9 Å². The molecule has 3 aromatic rings. The topological polar surface area (TPSA) is 119 Å². The number of sulfonamides is 1. The Balaban J connectivity index is 1.84. The smallest absolute Gasteiger partial charge is 0.276 e. The van der Waals surface area contributed by atoms with Crippen LogP contribution in [-0.2, 0) is 16.6 Å². The Hall–Kier alpha value is -3.66.